The third-order valence-electron chi connectivity index (χ3n) is 5.84. The maximum Gasteiger partial charge on any atom is 0.319 e. The Labute approximate surface area is 209 Å². The van der Waals surface area contributed by atoms with Crippen LogP contribution in [0.2, 0.25) is 0 Å². The molecule has 0 spiro atoms. The van der Waals surface area contributed by atoms with Crippen LogP contribution in [0.5, 0.6) is 0 Å². The minimum absolute atomic E-state index is 0.0761. The Morgan fingerprint density at radius 1 is 0.778 bits per heavy atom. The van der Waals surface area contributed by atoms with E-state index in [1.807, 2.05) is 0 Å². The van der Waals surface area contributed by atoms with E-state index in [2.05, 4.69) is 12.2 Å². The molecule has 0 saturated carbocycles. The van der Waals surface area contributed by atoms with Crippen LogP contribution in [0.1, 0.15) is 85.0 Å². The van der Waals surface area contributed by atoms with E-state index in [9.17, 15) is 31.9 Å². The van der Waals surface area contributed by atoms with Crippen molar-refractivity contribution in [1.82, 2.24) is 5.32 Å². The second-order valence-electron chi connectivity index (χ2n) is 8.57. The normalized spacial score (nSPS) is 12.6. The highest BCUT2D eigenvalue weighted by molar-refractivity contribution is 5.89. The van der Waals surface area contributed by atoms with E-state index in [4.69, 9.17) is 9.47 Å². The molecular formula is C25H39F5N2O4. The maximum atomic E-state index is 13.7. The number of unbranched alkanes of at least 4 members (excludes halogenated alkanes) is 6. The van der Waals surface area contributed by atoms with Gasteiger partial charge in [-0.15, -0.1) is 0 Å². The standard InChI is InChI=1S/C25H39F5N2O4/c1-4-7-8-9-10-11-14-17(25(34,35-5-2)36-6-3)15-12-13-16-31-24(33)32-23-21(29)19(27)18(26)20(28)22(23)30/h17,34H,4-16H2,1-3H3,(H2,31,32,33). The summed E-state index contributed by atoms with van der Waals surface area (Å²) < 4.78 is 78.2. The Morgan fingerprint density at radius 3 is 1.78 bits per heavy atom. The van der Waals surface area contributed by atoms with Gasteiger partial charge in [-0.3, -0.25) is 0 Å². The Hall–Kier alpha value is -1.98. The van der Waals surface area contributed by atoms with Crippen LogP contribution in [-0.2, 0) is 9.47 Å². The summed E-state index contributed by atoms with van der Waals surface area (Å²) in [7, 11) is 0. The van der Waals surface area contributed by atoms with Crippen LogP contribution in [0.4, 0.5) is 32.4 Å². The molecular weight excluding hydrogens is 487 g/mol. The molecule has 1 atom stereocenters. The lowest BCUT2D eigenvalue weighted by atomic mass is 9.92. The van der Waals surface area contributed by atoms with Crippen molar-refractivity contribution in [3.8, 4) is 0 Å². The first-order valence-corrected chi connectivity index (χ1v) is 12.7. The first kappa shape index (κ1) is 32.0. The van der Waals surface area contributed by atoms with Crippen molar-refractivity contribution in [3.05, 3.63) is 29.1 Å². The molecule has 6 nitrogen and oxygen atoms in total. The number of benzene rings is 1. The van der Waals surface area contributed by atoms with Gasteiger partial charge in [-0.2, -0.15) is 0 Å². The third-order valence-corrected chi connectivity index (χ3v) is 5.84. The van der Waals surface area contributed by atoms with Crippen molar-refractivity contribution in [3.63, 3.8) is 0 Å². The Bertz CT molecular complexity index is 778. The van der Waals surface area contributed by atoms with Gasteiger partial charge in [0.2, 0.25) is 5.82 Å². The summed E-state index contributed by atoms with van der Waals surface area (Å²) in [6, 6.07) is -1.11. The molecule has 0 aromatic heterocycles. The number of hydrogen-bond donors (Lipinski definition) is 3. The first-order chi connectivity index (χ1) is 17.1. The van der Waals surface area contributed by atoms with Crippen LogP contribution in [0.25, 0.3) is 0 Å². The van der Waals surface area contributed by atoms with Crippen LogP contribution in [0.3, 0.4) is 0 Å². The number of urea groups is 1. The fourth-order valence-electron chi connectivity index (χ4n) is 3.96. The topological polar surface area (TPSA) is 79.8 Å². The molecule has 3 N–H and O–H groups in total. The predicted molar refractivity (Wildman–Crippen MR) is 127 cm³/mol. The first-order valence-electron chi connectivity index (χ1n) is 12.7. The van der Waals surface area contributed by atoms with Crippen molar-refractivity contribution < 1.29 is 41.3 Å². The molecule has 0 aliphatic heterocycles. The van der Waals surface area contributed by atoms with Crippen molar-refractivity contribution in [2.45, 2.75) is 91.0 Å². The van der Waals surface area contributed by atoms with Crippen molar-refractivity contribution in [1.29, 1.82) is 0 Å². The van der Waals surface area contributed by atoms with Gasteiger partial charge in [0.05, 0.1) is 0 Å². The number of rotatable bonds is 18. The molecule has 0 heterocycles. The number of carbonyl (C=O) groups is 1. The largest absolute Gasteiger partial charge is 0.343 e. The molecule has 36 heavy (non-hydrogen) atoms. The molecule has 0 bridgehead atoms. The lowest BCUT2D eigenvalue weighted by molar-refractivity contribution is -0.385. The van der Waals surface area contributed by atoms with Crippen LogP contribution >= 0.6 is 0 Å². The summed E-state index contributed by atoms with van der Waals surface area (Å²) in [6.07, 6.45) is 8.79. The summed E-state index contributed by atoms with van der Waals surface area (Å²) in [5.74, 6) is -12.8. The number of hydrogen-bond acceptors (Lipinski definition) is 4. The minimum Gasteiger partial charge on any atom is -0.343 e. The summed E-state index contributed by atoms with van der Waals surface area (Å²) in [6.45, 7) is 6.29. The average molecular weight is 527 g/mol. The van der Waals surface area contributed by atoms with Gasteiger partial charge in [0.25, 0.3) is 5.97 Å². The van der Waals surface area contributed by atoms with E-state index in [-0.39, 0.29) is 25.7 Å². The third kappa shape index (κ3) is 9.82. The molecule has 1 aromatic rings. The van der Waals surface area contributed by atoms with E-state index in [1.54, 1.807) is 19.2 Å². The average Bonchev–Trinajstić information content (AvgIpc) is 2.85. The van der Waals surface area contributed by atoms with Crippen LogP contribution in [-0.4, -0.2) is 36.9 Å². The van der Waals surface area contributed by atoms with Crippen molar-refractivity contribution in [2.24, 2.45) is 5.92 Å². The summed E-state index contributed by atoms with van der Waals surface area (Å²) >= 11 is 0. The highest BCUT2D eigenvalue weighted by Gasteiger charge is 2.38. The number of amides is 2. The van der Waals surface area contributed by atoms with Gasteiger partial charge in [0.15, 0.2) is 23.3 Å². The summed E-state index contributed by atoms with van der Waals surface area (Å²) in [5, 5.41) is 14.9. The molecule has 0 aliphatic rings. The lowest BCUT2D eigenvalue weighted by Gasteiger charge is -2.35. The van der Waals surface area contributed by atoms with Crippen LogP contribution in [0, 0.1) is 35.0 Å². The number of anilines is 1. The molecule has 1 aromatic carbocycles. The zero-order valence-electron chi connectivity index (χ0n) is 21.3. The maximum absolute atomic E-state index is 13.7. The molecule has 208 valence electrons. The van der Waals surface area contributed by atoms with Gasteiger partial charge in [-0.05, 0) is 33.1 Å². The number of carbonyl (C=O) groups excluding carboxylic acids is 1. The number of ether oxygens (including phenoxy) is 2. The molecule has 1 rings (SSSR count). The monoisotopic (exact) mass is 526 g/mol. The van der Waals surface area contributed by atoms with Gasteiger partial charge >= 0.3 is 6.03 Å². The fourth-order valence-corrected chi connectivity index (χ4v) is 3.96. The molecule has 0 saturated heterocycles. The highest BCUT2D eigenvalue weighted by Crippen LogP contribution is 2.31. The molecule has 0 fully saturated rings. The van der Waals surface area contributed by atoms with Gasteiger partial charge < -0.3 is 25.2 Å². The number of halogens is 5. The van der Waals surface area contributed by atoms with E-state index < -0.39 is 46.8 Å². The van der Waals surface area contributed by atoms with Gasteiger partial charge in [0, 0.05) is 25.7 Å². The SMILES string of the molecule is CCCCCCCCC(CCCCNC(=O)Nc1c(F)c(F)c(F)c(F)c1F)C(O)(OCC)OCC. The van der Waals surface area contributed by atoms with E-state index >= 15 is 0 Å². The molecule has 0 aliphatic carbocycles. The van der Waals surface area contributed by atoms with Crippen molar-refractivity contribution in [2.75, 3.05) is 25.1 Å². The summed E-state index contributed by atoms with van der Waals surface area (Å²) in [5.41, 5.74) is -1.42. The fraction of sp³-hybridized carbons (Fsp3) is 0.720. The van der Waals surface area contributed by atoms with E-state index in [0.29, 0.717) is 25.7 Å². The van der Waals surface area contributed by atoms with Gasteiger partial charge in [-0.1, -0.05) is 51.9 Å². The lowest BCUT2D eigenvalue weighted by Crippen LogP contribution is -2.44. The Morgan fingerprint density at radius 2 is 1.25 bits per heavy atom. The molecule has 1 unspecified atom stereocenters. The summed E-state index contributed by atoms with van der Waals surface area (Å²) in [4.78, 5) is 11.9. The zero-order valence-corrected chi connectivity index (χ0v) is 21.3. The van der Waals surface area contributed by atoms with Crippen LogP contribution < -0.4 is 10.6 Å². The predicted octanol–water partition coefficient (Wildman–Crippen LogP) is 6.76. The number of aliphatic hydroxyl groups is 1. The van der Waals surface area contributed by atoms with E-state index in [0.717, 1.165) is 25.7 Å². The Balaban J connectivity index is 2.60. The van der Waals surface area contributed by atoms with Crippen molar-refractivity contribution >= 4 is 11.7 Å². The van der Waals surface area contributed by atoms with Gasteiger partial charge in [0.1, 0.15) is 5.69 Å². The zero-order chi connectivity index (χ0) is 27.1. The quantitative estimate of drug-likeness (QED) is 0.0649. The molecule has 2 amide bonds. The van der Waals surface area contributed by atoms with Crippen LogP contribution in [0.15, 0.2) is 0 Å². The second kappa shape index (κ2) is 16.7. The minimum atomic E-state index is -2.30. The second-order valence-corrected chi connectivity index (χ2v) is 8.57. The Kier molecular flexibility index (Phi) is 14.9. The smallest absolute Gasteiger partial charge is 0.319 e. The van der Waals surface area contributed by atoms with Gasteiger partial charge in [-0.25, -0.2) is 26.7 Å². The number of nitrogens with one attached hydrogen (secondary N) is 2. The van der Waals surface area contributed by atoms with E-state index in [1.165, 1.54) is 12.8 Å². The highest BCUT2D eigenvalue weighted by atomic mass is 19.2. The molecule has 11 heteroatoms. The molecule has 0 radical (unpaired) electrons.